The molecule has 1 heterocycles. The van der Waals surface area contributed by atoms with Crippen molar-refractivity contribution in [2.45, 2.75) is 26.1 Å². The van der Waals surface area contributed by atoms with Crippen molar-refractivity contribution in [1.29, 1.82) is 0 Å². The molecule has 0 saturated carbocycles. The maximum absolute atomic E-state index is 13.5. The Morgan fingerprint density at radius 3 is 1.95 bits per heavy atom. The molecule has 1 aromatic rings. The first-order valence-electron chi connectivity index (χ1n) is 6.49. The van der Waals surface area contributed by atoms with Gasteiger partial charge < -0.3 is 5.32 Å². The van der Waals surface area contributed by atoms with Crippen molar-refractivity contribution in [2.75, 3.05) is 26.2 Å². The SMILES string of the molecule is Cc1cccc(C)c1[C@@H](N1CCNCC1)C(F)(F)F.Cl.Cl. The minimum Gasteiger partial charge on any atom is -0.314 e. The minimum atomic E-state index is -4.24. The standard InChI is InChI=1S/C14H19F3N2.2ClH/c1-10-4-3-5-11(2)12(10)13(14(15,16)17)19-8-6-18-7-9-19;;/h3-5,13,18H,6-9H2,1-2H3;2*1H/t13-;;/m1../s1. The van der Waals surface area contributed by atoms with Crippen LogP contribution in [0.15, 0.2) is 18.2 Å². The highest BCUT2D eigenvalue weighted by atomic mass is 35.5. The summed E-state index contributed by atoms with van der Waals surface area (Å²) in [5.41, 5.74) is 1.83. The van der Waals surface area contributed by atoms with E-state index in [0.717, 1.165) is 0 Å². The molecule has 0 radical (unpaired) electrons. The highest BCUT2D eigenvalue weighted by Gasteiger charge is 2.45. The van der Waals surface area contributed by atoms with Crippen LogP contribution in [0.5, 0.6) is 0 Å². The molecule has 1 aromatic carbocycles. The molecule has 0 bridgehead atoms. The average molecular weight is 345 g/mol. The molecular formula is C14H21Cl2F3N2. The highest BCUT2D eigenvalue weighted by molar-refractivity contribution is 5.85. The van der Waals surface area contributed by atoms with Gasteiger partial charge in [-0.15, -0.1) is 24.8 Å². The van der Waals surface area contributed by atoms with E-state index in [2.05, 4.69) is 5.32 Å². The lowest BCUT2D eigenvalue weighted by Gasteiger charge is -2.37. The van der Waals surface area contributed by atoms with Crippen molar-refractivity contribution in [3.05, 3.63) is 34.9 Å². The third-order valence-electron chi connectivity index (χ3n) is 3.64. The summed E-state index contributed by atoms with van der Waals surface area (Å²) in [6, 6.07) is 3.82. The summed E-state index contributed by atoms with van der Waals surface area (Å²) in [4.78, 5) is 1.53. The van der Waals surface area contributed by atoms with Gasteiger partial charge in [-0.1, -0.05) is 18.2 Å². The van der Waals surface area contributed by atoms with Gasteiger partial charge in [0.05, 0.1) is 0 Å². The topological polar surface area (TPSA) is 15.3 Å². The van der Waals surface area contributed by atoms with Crippen LogP contribution in [0.1, 0.15) is 22.7 Å². The van der Waals surface area contributed by atoms with Gasteiger partial charge in [-0.25, -0.2) is 0 Å². The molecular weight excluding hydrogens is 324 g/mol. The largest absolute Gasteiger partial charge is 0.408 e. The molecule has 0 unspecified atom stereocenters. The predicted molar refractivity (Wildman–Crippen MR) is 83.7 cm³/mol. The molecule has 7 heteroatoms. The van der Waals surface area contributed by atoms with E-state index in [1.165, 1.54) is 4.90 Å². The van der Waals surface area contributed by atoms with Crippen LogP contribution < -0.4 is 5.32 Å². The van der Waals surface area contributed by atoms with Crippen LogP contribution in [0.3, 0.4) is 0 Å². The Morgan fingerprint density at radius 2 is 1.52 bits per heavy atom. The smallest absolute Gasteiger partial charge is 0.314 e. The molecule has 0 aliphatic carbocycles. The quantitative estimate of drug-likeness (QED) is 0.880. The normalized spacial score (nSPS) is 17.6. The molecule has 1 aliphatic heterocycles. The summed E-state index contributed by atoms with van der Waals surface area (Å²) in [6.45, 7) is 5.58. The number of piperazine rings is 1. The number of alkyl halides is 3. The van der Waals surface area contributed by atoms with Crippen LogP contribution in [0.25, 0.3) is 0 Å². The van der Waals surface area contributed by atoms with Crippen LogP contribution in [0.2, 0.25) is 0 Å². The number of aryl methyl sites for hydroxylation is 2. The molecule has 2 rings (SSSR count). The first-order chi connectivity index (χ1) is 8.91. The van der Waals surface area contributed by atoms with Crippen molar-refractivity contribution in [2.24, 2.45) is 0 Å². The number of hydrogen-bond acceptors (Lipinski definition) is 2. The van der Waals surface area contributed by atoms with E-state index < -0.39 is 12.2 Å². The maximum atomic E-state index is 13.5. The Balaban J connectivity index is 0.00000200. The summed E-state index contributed by atoms with van der Waals surface area (Å²) in [5.74, 6) is 0. The van der Waals surface area contributed by atoms with Gasteiger partial charge in [0.15, 0.2) is 0 Å². The average Bonchev–Trinajstić information content (AvgIpc) is 2.33. The summed E-state index contributed by atoms with van der Waals surface area (Å²) in [7, 11) is 0. The third kappa shape index (κ3) is 4.74. The number of nitrogens with one attached hydrogen (secondary N) is 1. The zero-order valence-electron chi connectivity index (χ0n) is 12.0. The summed E-state index contributed by atoms with van der Waals surface area (Å²) in [5, 5.41) is 3.09. The molecule has 0 amide bonds. The second-order valence-electron chi connectivity index (χ2n) is 5.04. The van der Waals surface area contributed by atoms with Gasteiger partial charge in [0.1, 0.15) is 6.04 Å². The Kier molecular flexibility index (Phi) is 8.03. The highest BCUT2D eigenvalue weighted by Crippen LogP contribution is 2.40. The molecule has 1 N–H and O–H groups in total. The fourth-order valence-corrected chi connectivity index (χ4v) is 2.75. The number of benzene rings is 1. The number of rotatable bonds is 2. The van der Waals surface area contributed by atoms with Crippen LogP contribution in [-0.2, 0) is 0 Å². The van der Waals surface area contributed by atoms with Crippen molar-refractivity contribution >= 4 is 24.8 Å². The van der Waals surface area contributed by atoms with Gasteiger partial charge >= 0.3 is 6.18 Å². The van der Waals surface area contributed by atoms with E-state index in [0.29, 0.717) is 42.9 Å². The lowest BCUT2D eigenvalue weighted by Crippen LogP contribution is -2.49. The second kappa shape index (κ2) is 8.22. The van der Waals surface area contributed by atoms with E-state index >= 15 is 0 Å². The van der Waals surface area contributed by atoms with Gasteiger partial charge in [-0.3, -0.25) is 4.90 Å². The van der Waals surface area contributed by atoms with Crippen LogP contribution >= 0.6 is 24.8 Å². The molecule has 1 atom stereocenters. The van der Waals surface area contributed by atoms with Gasteiger partial charge in [0, 0.05) is 26.2 Å². The van der Waals surface area contributed by atoms with Gasteiger partial charge in [-0.05, 0) is 30.5 Å². The number of nitrogens with zero attached hydrogens (tertiary/aromatic N) is 1. The Labute approximate surface area is 135 Å². The Morgan fingerprint density at radius 1 is 1.05 bits per heavy atom. The first-order valence-corrected chi connectivity index (χ1v) is 6.49. The van der Waals surface area contributed by atoms with Crippen molar-refractivity contribution in [1.82, 2.24) is 10.2 Å². The second-order valence-corrected chi connectivity index (χ2v) is 5.04. The molecule has 122 valence electrons. The third-order valence-corrected chi connectivity index (χ3v) is 3.64. The van der Waals surface area contributed by atoms with Crippen molar-refractivity contribution in [3.8, 4) is 0 Å². The lowest BCUT2D eigenvalue weighted by molar-refractivity contribution is -0.188. The first kappa shape index (κ1) is 20.5. The van der Waals surface area contributed by atoms with Gasteiger partial charge in [0.25, 0.3) is 0 Å². The Hall–Kier alpha value is -0.490. The van der Waals surface area contributed by atoms with Crippen molar-refractivity contribution < 1.29 is 13.2 Å². The van der Waals surface area contributed by atoms with Crippen LogP contribution in [0.4, 0.5) is 13.2 Å². The molecule has 0 spiro atoms. The Bertz CT molecular complexity index is 426. The van der Waals surface area contributed by atoms with Crippen molar-refractivity contribution in [3.63, 3.8) is 0 Å². The summed E-state index contributed by atoms with van der Waals surface area (Å²) in [6.07, 6.45) is -4.24. The number of hydrogen-bond donors (Lipinski definition) is 1. The fraction of sp³-hybridized carbons (Fsp3) is 0.571. The summed E-state index contributed by atoms with van der Waals surface area (Å²) < 4.78 is 40.5. The monoisotopic (exact) mass is 344 g/mol. The zero-order valence-corrected chi connectivity index (χ0v) is 13.7. The minimum absolute atomic E-state index is 0. The van der Waals surface area contributed by atoms with Gasteiger partial charge in [-0.2, -0.15) is 13.2 Å². The van der Waals surface area contributed by atoms with Crippen LogP contribution in [-0.4, -0.2) is 37.3 Å². The van der Waals surface area contributed by atoms with Gasteiger partial charge in [0.2, 0.25) is 0 Å². The predicted octanol–water partition coefficient (Wildman–Crippen LogP) is 3.66. The van der Waals surface area contributed by atoms with E-state index in [4.69, 9.17) is 0 Å². The molecule has 1 aliphatic rings. The molecule has 21 heavy (non-hydrogen) atoms. The molecule has 2 nitrogen and oxygen atoms in total. The van der Waals surface area contributed by atoms with E-state index in [-0.39, 0.29) is 24.8 Å². The van der Waals surface area contributed by atoms with E-state index in [1.807, 2.05) is 0 Å². The van der Waals surface area contributed by atoms with Crippen LogP contribution in [0, 0.1) is 13.8 Å². The van der Waals surface area contributed by atoms with E-state index in [1.54, 1.807) is 32.0 Å². The van der Waals surface area contributed by atoms with E-state index in [9.17, 15) is 13.2 Å². The zero-order chi connectivity index (χ0) is 14.0. The molecule has 1 fully saturated rings. The molecule has 0 aromatic heterocycles. The molecule has 1 saturated heterocycles. The summed E-state index contributed by atoms with van der Waals surface area (Å²) >= 11 is 0. The number of halogens is 5. The maximum Gasteiger partial charge on any atom is 0.408 e. The lowest BCUT2D eigenvalue weighted by atomic mass is 9.94. The fourth-order valence-electron chi connectivity index (χ4n) is 2.75.